The van der Waals surface area contributed by atoms with Crippen molar-refractivity contribution in [1.29, 1.82) is 0 Å². The van der Waals surface area contributed by atoms with Gasteiger partial charge in [-0.3, -0.25) is 4.79 Å². The highest BCUT2D eigenvalue weighted by molar-refractivity contribution is 5.94. The Balaban J connectivity index is 2.33. The van der Waals surface area contributed by atoms with Crippen molar-refractivity contribution >= 4 is 16.8 Å². The number of hydrogen-bond acceptors (Lipinski definition) is 2. The van der Waals surface area contributed by atoms with E-state index in [-0.39, 0.29) is 11.7 Å². The maximum Gasteiger partial charge on any atom is 0.269 e. The van der Waals surface area contributed by atoms with E-state index in [1.807, 2.05) is 6.92 Å². The van der Waals surface area contributed by atoms with E-state index in [9.17, 15) is 9.18 Å². The van der Waals surface area contributed by atoms with Crippen LogP contribution in [0.4, 0.5) is 4.39 Å². The number of benzene rings is 1. The number of rotatable bonds is 3. The first kappa shape index (κ1) is 11.5. The minimum absolute atomic E-state index is 0.224. The molecule has 1 aromatic carbocycles. The summed E-state index contributed by atoms with van der Waals surface area (Å²) in [6.07, 6.45) is 0.869. The van der Waals surface area contributed by atoms with Crippen molar-refractivity contribution < 1.29 is 9.18 Å². The second-order valence-corrected chi connectivity index (χ2v) is 3.79. The van der Waals surface area contributed by atoms with Gasteiger partial charge in [-0.1, -0.05) is 13.0 Å². The van der Waals surface area contributed by atoms with Crippen LogP contribution in [0.2, 0.25) is 0 Å². The lowest BCUT2D eigenvalue weighted by Gasteiger charge is -2.04. The quantitative estimate of drug-likeness (QED) is 0.883. The monoisotopic (exact) mass is 232 g/mol. The smallest absolute Gasteiger partial charge is 0.269 e. The lowest BCUT2D eigenvalue weighted by atomic mass is 10.2. The first-order valence-electron chi connectivity index (χ1n) is 5.55. The van der Waals surface area contributed by atoms with E-state index in [0.29, 0.717) is 17.8 Å². The van der Waals surface area contributed by atoms with E-state index in [4.69, 9.17) is 0 Å². The zero-order valence-electron chi connectivity index (χ0n) is 9.53. The molecule has 1 N–H and O–H groups in total. The fourth-order valence-corrected chi connectivity index (χ4v) is 1.55. The van der Waals surface area contributed by atoms with Crippen LogP contribution >= 0.6 is 0 Å². The van der Waals surface area contributed by atoms with Crippen LogP contribution in [0.25, 0.3) is 10.9 Å². The summed E-state index contributed by atoms with van der Waals surface area (Å²) in [7, 11) is 0. The molecule has 2 aromatic rings. The van der Waals surface area contributed by atoms with Gasteiger partial charge in [0.15, 0.2) is 0 Å². The Bertz CT molecular complexity index is 554. The van der Waals surface area contributed by atoms with E-state index in [2.05, 4.69) is 10.3 Å². The first-order valence-corrected chi connectivity index (χ1v) is 5.55. The van der Waals surface area contributed by atoms with Crippen molar-refractivity contribution in [3.8, 4) is 0 Å². The predicted octanol–water partition coefficient (Wildman–Crippen LogP) is 2.51. The number of carbonyl (C=O) groups excluding carboxylic acids is 1. The third-order valence-corrected chi connectivity index (χ3v) is 2.42. The van der Waals surface area contributed by atoms with Crippen molar-refractivity contribution in [3.63, 3.8) is 0 Å². The van der Waals surface area contributed by atoms with Crippen molar-refractivity contribution in [2.75, 3.05) is 6.54 Å². The van der Waals surface area contributed by atoms with Crippen LogP contribution in [0.5, 0.6) is 0 Å². The zero-order valence-corrected chi connectivity index (χ0v) is 9.53. The maximum absolute atomic E-state index is 13.0. The van der Waals surface area contributed by atoms with Crippen molar-refractivity contribution in [3.05, 3.63) is 41.8 Å². The number of nitrogens with one attached hydrogen (secondary N) is 1. The largest absolute Gasteiger partial charge is 0.351 e. The van der Waals surface area contributed by atoms with Crippen LogP contribution in [-0.4, -0.2) is 17.4 Å². The lowest BCUT2D eigenvalue weighted by Crippen LogP contribution is -2.24. The standard InChI is InChI=1S/C13H13FN2O/c1-2-7-15-13(17)11-6-4-9-3-5-10(14)8-12(9)16-11/h3-6,8H,2,7H2,1H3,(H,15,17). The molecular formula is C13H13FN2O. The summed E-state index contributed by atoms with van der Waals surface area (Å²) < 4.78 is 13.0. The third kappa shape index (κ3) is 2.58. The van der Waals surface area contributed by atoms with E-state index >= 15 is 0 Å². The fourth-order valence-electron chi connectivity index (χ4n) is 1.55. The maximum atomic E-state index is 13.0. The molecule has 0 saturated carbocycles. The Hall–Kier alpha value is -1.97. The molecule has 0 aliphatic carbocycles. The van der Waals surface area contributed by atoms with E-state index in [1.165, 1.54) is 12.1 Å². The number of aromatic nitrogens is 1. The summed E-state index contributed by atoms with van der Waals surface area (Å²) in [5.74, 6) is -0.575. The Morgan fingerprint density at radius 3 is 2.88 bits per heavy atom. The minimum Gasteiger partial charge on any atom is -0.351 e. The highest BCUT2D eigenvalue weighted by atomic mass is 19.1. The summed E-state index contributed by atoms with van der Waals surface area (Å²) in [6.45, 7) is 2.59. The molecule has 1 amide bonds. The average Bonchev–Trinajstić information content (AvgIpc) is 2.35. The Morgan fingerprint density at radius 1 is 1.35 bits per heavy atom. The molecule has 1 heterocycles. The highest BCUT2D eigenvalue weighted by Gasteiger charge is 2.07. The number of hydrogen-bond donors (Lipinski definition) is 1. The van der Waals surface area contributed by atoms with Crippen LogP contribution in [0.1, 0.15) is 23.8 Å². The second-order valence-electron chi connectivity index (χ2n) is 3.79. The number of pyridine rings is 1. The van der Waals surface area contributed by atoms with Crippen LogP contribution in [0.3, 0.4) is 0 Å². The molecule has 0 fully saturated rings. The molecule has 0 aliphatic rings. The van der Waals surface area contributed by atoms with Gasteiger partial charge in [0.25, 0.3) is 5.91 Å². The molecule has 0 spiro atoms. The number of fused-ring (bicyclic) bond motifs is 1. The molecule has 1 aromatic heterocycles. The number of carbonyl (C=O) groups is 1. The SMILES string of the molecule is CCCNC(=O)c1ccc2ccc(F)cc2n1. The van der Waals surface area contributed by atoms with Gasteiger partial charge in [0.2, 0.25) is 0 Å². The lowest BCUT2D eigenvalue weighted by molar-refractivity contribution is 0.0949. The van der Waals surface area contributed by atoms with Gasteiger partial charge < -0.3 is 5.32 Å². The molecule has 0 saturated heterocycles. The second kappa shape index (κ2) is 4.91. The zero-order chi connectivity index (χ0) is 12.3. The number of nitrogens with zero attached hydrogens (tertiary/aromatic N) is 1. The van der Waals surface area contributed by atoms with Crippen molar-refractivity contribution in [2.45, 2.75) is 13.3 Å². The van der Waals surface area contributed by atoms with Crippen LogP contribution in [0, 0.1) is 5.82 Å². The summed E-state index contributed by atoms with van der Waals surface area (Å²) in [5, 5.41) is 3.55. The van der Waals surface area contributed by atoms with Gasteiger partial charge in [0, 0.05) is 18.0 Å². The van der Waals surface area contributed by atoms with Crippen LogP contribution in [0.15, 0.2) is 30.3 Å². The van der Waals surface area contributed by atoms with Crippen molar-refractivity contribution in [2.24, 2.45) is 0 Å². The number of amides is 1. The fraction of sp³-hybridized carbons (Fsp3) is 0.231. The molecule has 2 rings (SSSR count). The van der Waals surface area contributed by atoms with E-state index in [0.717, 1.165) is 11.8 Å². The van der Waals surface area contributed by atoms with Crippen molar-refractivity contribution in [1.82, 2.24) is 10.3 Å². The molecule has 0 atom stereocenters. The Morgan fingerprint density at radius 2 is 2.12 bits per heavy atom. The molecule has 3 nitrogen and oxygen atoms in total. The van der Waals surface area contributed by atoms with E-state index in [1.54, 1.807) is 18.2 Å². The summed E-state index contributed by atoms with van der Waals surface area (Å²) in [5.41, 5.74) is 0.811. The summed E-state index contributed by atoms with van der Waals surface area (Å²) in [6, 6.07) is 7.76. The van der Waals surface area contributed by atoms with Gasteiger partial charge in [-0.15, -0.1) is 0 Å². The number of halogens is 1. The van der Waals surface area contributed by atoms with Gasteiger partial charge >= 0.3 is 0 Å². The summed E-state index contributed by atoms with van der Waals surface area (Å²) in [4.78, 5) is 15.8. The van der Waals surface area contributed by atoms with Gasteiger partial charge in [0.1, 0.15) is 11.5 Å². The molecular weight excluding hydrogens is 219 g/mol. The molecule has 0 unspecified atom stereocenters. The highest BCUT2D eigenvalue weighted by Crippen LogP contribution is 2.13. The van der Waals surface area contributed by atoms with E-state index < -0.39 is 0 Å². The molecule has 17 heavy (non-hydrogen) atoms. The van der Waals surface area contributed by atoms with Gasteiger partial charge in [-0.25, -0.2) is 9.37 Å². The van der Waals surface area contributed by atoms with Gasteiger partial charge in [0.05, 0.1) is 5.52 Å². The third-order valence-electron chi connectivity index (χ3n) is 2.42. The topological polar surface area (TPSA) is 42.0 Å². The average molecular weight is 232 g/mol. The summed E-state index contributed by atoms with van der Waals surface area (Å²) >= 11 is 0. The van der Waals surface area contributed by atoms with Crippen LogP contribution in [-0.2, 0) is 0 Å². The predicted molar refractivity (Wildman–Crippen MR) is 64.3 cm³/mol. The Kier molecular flexibility index (Phi) is 3.32. The molecule has 4 heteroatoms. The van der Waals surface area contributed by atoms with Gasteiger partial charge in [-0.05, 0) is 24.6 Å². The van der Waals surface area contributed by atoms with Gasteiger partial charge in [-0.2, -0.15) is 0 Å². The molecule has 88 valence electrons. The normalized spacial score (nSPS) is 10.5. The molecule has 0 bridgehead atoms. The van der Waals surface area contributed by atoms with Crippen LogP contribution < -0.4 is 5.32 Å². The Labute approximate surface area is 98.7 Å². The minimum atomic E-state index is -0.351. The first-order chi connectivity index (χ1) is 8.20. The molecule has 0 radical (unpaired) electrons. The molecule has 0 aliphatic heterocycles.